The molecule has 4 rings (SSSR count). The molecule has 0 aliphatic heterocycles. The van der Waals surface area contributed by atoms with Crippen molar-refractivity contribution in [2.24, 2.45) is 0 Å². The van der Waals surface area contributed by atoms with Crippen LogP contribution in [0.1, 0.15) is 10.4 Å². The molecule has 2 heterocycles. The van der Waals surface area contributed by atoms with Gasteiger partial charge in [-0.1, -0.05) is 29.8 Å². The zero-order valence-corrected chi connectivity index (χ0v) is 14.7. The van der Waals surface area contributed by atoms with Crippen molar-refractivity contribution in [1.29, 1.82) is 0 Å². The lowest BCUT2D eigenvalue weighted by Gasteiger charge is -2.11. The maximum absolute atomic E-state index is 13.2. The topological polar surface area (TPSA) is 54.9 Å². The number of hydrogen-bond acceptors (Lipinski definition) is 3. The van der Waals surface area contributed by atoms with Gasteiger partial charge in [0.05, 0.1) is 27.5 Å². The highest BCUT2D eigenvalue weighted by atomic mass is 35.5. The van der Waals surface area contributed by atoms with E-state index in [1.807, 2.05) is 36.4 Å². The van der Waals surface area contributed by atoms with E-state index in [0.29, 0.717) is 27.8 Å². The maximum atomic E-state index is 13.2. The van der Waals surface area contributed by atoms with Crippen LogP contribution in [0.25, 0.3) is 22.2 Å². The van der Waals surface area contributed by atoms with E-state index in [9.17, 15) is 9.18 Å². The fourth-order valence-electron chi connectivity index (χ4n) is 2.81. The van der Waals surface area contributed by atoms with E-state index < -0.39 is 5.82 Å². The summed E-state index contributed by atoms with van der Waals surface area (Å²) in [6.45, 7) is 0. The molecule has 1 amide bonds. The molecule has 0 bridgehead atoms. The monoisotopic (exact) mass is 377 g/mol. The maximum Gasteiger partial charge on any atom is 0.256 e. The second kappa shape index (κ2) is 7.13. The summed E-state index contributed by atoms with van der Waals surface area (Å²) in [6, 6.07) is 16.6. The Hall–Kier alpha value is -3.31. The zero-order valence-electron chi connectivity index (χ0n) is 14.0. The number of para-hydroxylation sites is 1. The number of amides is 1. The number of halogens is 2. The summed E-state index contributed by atoms with van der Waals surface area (Å²) in [6.07, 6.45) is 3.37. The third-order valence-electron chi connectivity index (χ3n) is 4.10. The predicted octanol–water partition coefficient (Wildman–Crippen LogP) is 5.34. The van der Waals surface area contributed by atoms with E-state index in [2.05, 4.69) is 15.3 Å². The number of rotatable bonds is 3. The van der Waals surface area contributed by atoms with Gasteiger partial charge in [0.1, 0.15) is 5.82 Å². The Morgan fingerprint density at radius 2 is 1.89 bits per heavy atom. The summed E-state index contributed by atoms with van der Waals surface area (Å²) in [5.41, 5.74) is 2.91. The SMILES string of the molecule is O=C(Nc1ccc(F)cc1Cl)c1cc(-c2cccnc2)nc2ccccc12. The third-order valence-corrected chi connectivity index (χ3v) is 4.41. The fraction of sp³-hybridized carbons (Fsp3) is 0. The molecular formula is C21H13ClFN3O. The van der Waals surface area contributed by atoms with E-state index in [1.54, 1.807) is 18.5 Å². The molecule has 0 spiro atoms. The van der Waals surface area contributed by atoms with Crippen molar-refractivity contribution in [2.75, 3.05) is 5.32 Å². The Kier molecular flexibility index (Phi) is 4.52. The van der Waals surface area contributed by atoms with Crippen LogP contribution in [-0.2, 0) is 0 Å². The van der Waals surface area contributed by atoms with Gasteiger partial charge in [-0.05, 0) is 42.5 Å². The van der Waals surface area contributed by atoms with Crippen LogP contribution < -0.4 is 5.32 Å². The van der Waals surface area contributed by atoms with Gasteiger partial charge in [0.2, 0.25) is 0 Å². The van der Waals surface area contributed by atoms with Crippen molar-refractivity contribution in [3.8, 4) is 11.3 Å². The molecule has 4 aromatic rings. The molecule has 2 aromatic carbocycles. The number of pyridine rings is 2. The van der Waals surface area contributed by atoms with Gasteiger partial charge in [0.15, 0.2) is 0 Å². The number of carbonyl (C=O) groups excluding carboxylic acids is 1. The predicted molar refractivity (Wildman–Crippen MR) is 104 cm³/mol. The van der Waals surface area contributed by atoms with Crippen molar-refractivity contribution in [3.05, 3.63) is 89.5 Å². The van der Waals surface area contributed by atoms with Crippen LogP contribution in [0.4, 0.5) is 10.1 Å². The minimum atomic E-state index is -0.466. The summed E-state index contributed by atoms with van der Waals surface area (Å²) in [5, 5.41) is 3.59. The molecule has 0 fully saturated rings. The molecule has 0 saturated heterocycles. The van der Waals surface area contributed by atoms with Crippen molar-refractivity contribution < 1.29 is 9.18 Å². The number of aromatic nitrogens is 2. The van der Waals surface area contributed by atoms with Crippen molar-refractivity contribution in [1.82, 2.24) is 9.97 Å². The Balaban J connectivity index is 1.81. The first-order chi connectivity index (χ1) is 13.1. The fourth-order valence-corrected chi connectivity index (χ4v) is 3.02. The largest absolute Gasteiger partial charge is 0.321 e. The molecule has 6 heteroatoms. The normalized spacial score (nSPS) is 10.7. The molecule has 1 N–H and O–H groups in total. The summed E-state index contributed by atoms with van der Waals surface area (Å²) in [5.74, 6) is -0.821. The highest BCUT2D eigenvalue weighted by Gasteiger charge is 2.15. The van der Waals surface area contributed by atoms with Gasteiger partial charge < -0.3 is 5.32 Å². The van der Waals surface area contributed by atoms with Crippen LogP contribution in [-0.4, -0.2) is 15.9 Å². The summed E-state index contributed by atoms with van der Waals surface area (Å²) < 4.78 is 13.2. The van der Waals surface area contributed by atoms with E-state index in [-0.39, 0.29) is 10.9 Å². The lowest BCUT2D eigenvalue weighted by Crippen LogP contribution is -2.13. The average molecular weight is 378 g/mol. The molecule has 2 aromatic heterocycles. The summed E-state index contributed by atoms with van der Waals surface area (Å²) >= 11 is 6.03. The minimum Gasteiger partial charge on any atom is -0.321 e. The first kappa shape index (κ1) is 17.1. The van der Waals surface area contributed by atoms with Crippen molar-refractivity contribution >= 4 is 34.1 Å². The van der Waals surface area contributed by atoms with Crippen LogP contribution in [0, 0.1) is 5.82 Å². The number of anilines is 1. The van der Waals surface area contributed by atoms with Gasteiger partial charge in [0, 0.05) is 23.3 Å². The first-order valence-electron chi connectivity index (χ1n) is 8.18. The lowest BCUT2D eigenvalue weighted by atomic mass is 10.0. The molecule has 0 radical (unpaired) electrons. The average Bonchev–Trinajstić information content (AvgIpc) is 2.70. The van der Waals surface area contributed by atoms with Crippen LogP contribution in [0.3, 0.4) is 0 Å². The van der Waals surface area contributed by atoms with Crippen molar-refractivity contribution in [3.63, 3.8) is 0 Å². The second-order valence-corrected chi connectivity index (χ2v) is 6.30. The minimum absolute atomic E-state index is 0.134. The Labute approximate surface area is 159 Å². The highest BCUT2D eigenvalue weighted by Crippen LogP contribution is 2.27. The number of nitrogens with zero attached hydrogens (tertiary/aromatic N) is 2. The van der Waals surface area contributed by atoms with Gasteiger partial charge in [-0.3, -0.25) is 9.78 Å². The van der Waals surface area contributed by atoms with Crippen LogP contribution >= 0.6 is 11.6 Å². The molecule has 0 atom stereocenters. The lowest BCUT2D eigenvalue weighted by molar-refractivity contribution is 0.102. The number of benzene rings is 2. The van der Waals surface area contributed by atoms with Crippen molar-refractivity contribution in [2.45, 2.75) is 0 Å². The van der Waals surface area contributed by atoms with Gasteiger partial charge in [-0.15, -0.1) is 0 Å². The molecule has 0 unspecified atom stereocenters. The quantitative estimate of drug-likeness (QED) is 0.524. The summed E-state index contributed by atoms with van der Waals surface area (Å²) in [4.78, 5) is 21.7. The van der Waals surface area contributed by atoms with E-state index in [4.69, 9.17) is 11.6 Å². The van der Waals surface area contributed by atoms with Gasteiger partial charge in [-0.2, -0.15) is 0 Å². The van der Waals surface area contributed by atoms with Crippen LogP contribution in [0.15, 0.2) is 73.1 Å². The first-order valence-corrected chi connectivity index (χ1v) is 8.56. The second-order valence-electron chi connectivity index (χ2n) is 5.89. The molecule has 0 aliphatic carbocycles. The third kappa shape index (κ3) is 3.50. The van der Waals surface area contributed by atoms with E-state index in [0.717, 1.165) is 11.6 Å². The molecular weight excluding hydrogens is 365 g/mol. The molecule has 0 saturated carbocycles. The van der Waals surface area contributed by atoms with Crippen LogP contribution in [0.2, 0.25) is 5.02 Å². The number of carbonyl (C=O) groups is 1. The summed E-state index contributed by atoms with van der Waals surface area (Å²) in [7, 11) is 0. The zero-order chi connectivity index (χ0) is 18.8. The smallest absolute Gasteiger partial charge is 0.256 e. The van der Waals surface area contributed by atoms with Crippen LogP contribution in [0.5, 0.6) is 0 Å². The molecule has 0 aliphatic rings. The number of nitrogens with one attached hydrogen (secondary N) is 1. The molecule has 132 valence electrons. The Morgan fingerprint density at radius 3 is 2.67 bits per heavy atom. The highest BCUT2D eigenvalue weighted by molar-refractivity contribution is 6.34. The molecule has 4 nitrogen and oxygen atoms in total. The standard InChI is InChI=1S/C21H13ClFN3O/c22-17-10-14(23)7-8-19(17)26-21(27)16-11-20(13-4-3-9-24-12-13)25-18-6-2-1-5-15(16)18/h1-12H,(H,26,27). The van der Waals surface area contributed by atoms with Gasteiger partial charge in [-0.25, -0.2) is 9.37 Å². The van der Waals surface area contributed by atoms with Gasteiger partial charge in [0.25, 0.3) is 5.91 Å². The van der Waals surface area contributed by atoms with Gasteiger partial charge >= 0.3 is 0 Å². The van der Waals surface area contributed by atoms with E-state index in [1.165, 1.54) is 12.1 Å². The van der Waals surface area contributed by atoms with E-state index >= 15 is 0 Å². The molecule has 27 heavy (non-hydrogen) atoms. The Morgan fingerprint density at radius 1 is 1.04 bits per heavy atom. The Bertz CT molecular complexity index is 1150. The number of hydrogen-bond donors (Lipinski definition) is 1. The number of fused-ring (bicyclic) bond motifs is 1.